The van der Waals surface area contributed by atoms with E-state index in [-0.39, 0.29) is 16.3 Å². The molecule has 1 nitrogen and oxygen atoms in total. The lowest BCUT2D eigenvalue weighted by atomic mass is 9.66. The Bertz CT molecular complexity index is 464. The average Bonchev–Trinajstić information content (AvgIpc) is 2.44. The maximum atomic E-state index is 14.6. The summed E-state index contributed by atoms with van der Waals surface area (Å²) >= 11 is 6.01. The van der Waals surface area contributed by atoms with Gasteiger partial charge < -0.3 is 5.32 Å². The van der Waals surface area contributed by atoms with Crippen molar-refractivity contribution in [2.75, 3.05) is 13.1 Å². The van der Waals surface area contributed by atoms with Crippen LogP contribution < -0.4 is 5.32 Å². The van der Waals surface area contributed by atoms with Crippen molar-refractivity contribution in [2.24, 2.45) is 11.8 Å². The Labute approximate surface area is 133 Å². The van der Waals surface area contributed by atoms with Gasteiger partial charge in [0.25, 0.3) is 0 Å². The van der Waals surface area contributed by atoms with Crippen LogP contribution in [0, 0.1) is 17.7 Å². The molecule has 0 saturated heterocycles. The third-order valence-electron chi connectivity index (χ3n) is 4.77. The molecule has 0 radical (unpaired) electrons. The van der Waals surface area contributed by atoms with Crippen molar-refractivity contribution in [3.63, 3.8) is 0 Å². The highest BCUT2D eigenvalue weighted by Crippen LogP contribution is 2.43. The van der Waals surface area contributed by atoms with E-state index < -0.39 is 0 Å². The number of nitrogens with one attached hydrogen (secondary N) is 1. The van der Waals surface area contributed by atoms with Crippen LogP contribution in [0.2, 0.25) is 5.02 Å². The zero-order chi connectivity index (χ0) is 15.5. The first kappa shape index (κ1) is 16.8. The van der Waals surface area contributed by atoms with E-state index in [9.17, 15) is 4.39 Å². The average molecular weight is 312 g/mol. The molecule has 0 bridgehead atoms. The zero-order valence-corrected chi connectivity index (χ0v) is 14.1. The summed E-state index contributed by atoms with van der Waals surface area (Å²) < 4.78 is 14.6. The van der Waals surface area contributed by atoms with E-state index in [2.05, 4.69) is 26.1 Å². The lowest BCUT2D eigenvalue weighted by Gasteiger charge is -2.40. The predicted octanol–water partition coefficient (Wildman–Crippen LogP) is 5.17. The third-order valence-corrected chi connectivity index (χ3v) is 5.06. The Kier molecular flexibility index (Phi) is 5.67. The normalized spacial score (nSPS) is 26.3. The van der Waals surface area contributed by atoms with Gasteiger partial charge in [0.05, 0.1) is 5.02 Å². The summed E-state index contributed by atoms with van der Waals surface area (Å²) in [5.74, 6) is 1.12. The molecule has 2 rings (SSSR count). The Morgan fingerprint density at radius 3 is 2.62 bits per heavy atom. The van der Waals surface area contributed by atoms with Crippen LogP contribution >= 0.6 is 11.6 Å². The van der Waals surface area contributed by atoms with Crippen molar-refractivity contribution in [3.8, 4) is 0 Å². The molecule has 1 N–H and O–H groups in total. The second-order valence-electron chi connectivity index (χ2n) is 7.09. The van der Waals surface area contributed by atoms with Crippen LogP contribution in [0.3, 0.4) is 0 Å². The second kappa shape index (κ2) is 7.11. The van der Waals surface area contributed by atoms with Crippen molar-refractivity contribution in [1.29, 1.82) is 0 Å². The van der Waals surface area contributed by atoms with Gasteiger partial charge in [-0.05, 0) is 55.7 Å². The lowest BCUT2D eigenvalue weighted by Crippen LogP contribution is -2.42. The largest absolute Gasteiger partial charge is 0.316 e. The Morgan fingerprint density at radius 2 is 2.00 bits per heavy atom. The van der Waals surface area contributed by atoms with E-state index in [1.165, 1.54) is 0 Å². The molecule has 1 aliphatic carbocycles. The van der Waals surface area contributed by atoms with E-state index in [0.29, 0.717) is 5.92 Å². The molecular weight excluding hydrogens is 285 g/mol. The number of rotatable bonds is 5. The molecule has 118 valence electrons. The summed E-state index contributed by atoms with van der Waals surface area (Å²) in [4.78, 5) is 0. The smallest absolute Gasteiger partial charge is 0.145 e. The fraction of sp³-hybridized carbons (Fsp3) is 0.667. The first-order valence-electron chi connectivity index (χ1n) is 8.10. The molecule has 0 unspecified atom stereocenters. The predicted molar refractivity (Wildman–Crippen MR) is 88.4 cm³/mol. The molecule has 1 aromatic carbocycles. The summed E-state index contributed by atoms with van der Waals surface area (Å²) in [5, 5.41) is 3.79. The van der Waals surface area contributed by atoms with Crippen molar-refractivity contribution >= 4 is 11.6 Å². The summed E-state index contributed by atoms with van der Waals surface area (Å²) in [5.41, 5.74) is 0.703. The molecule has 0 atom stereocenters. The fourth-order valence-corrected chi connectivity index (χ4v) is 3.54. The van der Waals surface area contributed by atoms with E-state index in [1.54, 1.807) is 6.07 Å². The first-order chi connectivity index (χ1) is 9.94. The molecular formula is C18H27ClFN. The minimum atomic E-state index is -0.222. The number of hydrogen-bond donors (Lipinski definition) is 1. The van der Waals surface area contributed by atoms with Gasteiger partial charge in [0.1, 0.15) is 5.82 Å². The number of hydrogen-bond acceptors (Lipinski definition) is 1. The van der Waals surface area contributed by atoms with E-state index in [1.807, 2.05) is 12.1 Å². The van der Waals surface area contributed by atoms with E-state index in [4.69, 9.17) is 11.6 Å². The molecule has 21 heavy (non-hydrogen) atoms. The van der Waals surface area contributed by atoms with Gasteiger partial charge in [0, 0.05) is 12.0 Å². The fourth-order valence-electron chi connectivity index (χ4n) is 3.37. The molecule has 3 heteroatoms. The Hall–Kier alpha value is -0.600. The molecule has 1 aromatic rings. The molecule has 0 spiro atoms. The summed E-state index contributed by atoms with van der Waals surface area (Å²) in [6.07, 6.45) is 4.40. The van der Waals surface area contributed by atoms with Crippen LogP contribution in [-0.4, -0.2) is 13.1 Å². The van der Waals surface area contributed by atoms with Gasteiger partial charge in [-0.15, -0.1) is 0 Å². The molecule has 0 heterocycles. The lowest BCUT2D eigenvalue weighted by molar-refractivity contribution is 0.226. The van der Waals surface area contributed by atoms with Crippen LogP contribution in [0.4, 0.5) is 4.39 Å². The van der Waals surface area contributed by atoms with E-state index >= 15 is 0 Å². The van der Waals surface area contributed by atoms with Gasteiger partial charge in [0.2, 0.25) is 0 Å². The summed E-state index contributed by atoms with van der Waals surface area (Å²) in [7, 11) is 0. The monoisotopic (exact) mass is 311 g/mol. The van der Waals surface area contributed by atoms with E-state index in [0.717, 1.165) is 50.3 Å². The van der Waals surface area contributed by atoms with Crippen molar-refractivity contribution < 1.29 is 4.39 Å². The Balaban J connectivity index is 2.25. The highest BCUT2D eigenvalue weighted by atomic mass is 35.5. The van der Waals surface area contributed by atoms with Gasteiger partial charge >= 0.3 is 0 Å². The Morgan fingerprint density at radius 1 is 1.33 bits per heavy atom. The standard InChI is InChI=1S/C18H27ClFN/c1-13(2)11-21-12-18(9-7-14(3)8-10-18)15-5-4-6-16(19)17(15)20/h4-6,13-14,21H,7-12H2,1-3H3. The number of halogens is 2. The van der Waals surface area contributed by atoms with Crippen LogP contribution in [0.15, 0.2) is 18.2 Å². The second-order valence-corrected chi connectivity index (χ2v) is 7.50. The zero-order valence-electron chi connectivity index (χ0n) is 13.4. The highest BCUT2D eigenvalue weighted by Gasteiger charge is 2.37. The minimum Gasteiger partial charge on any atom is -0.316 e. The topological polar surface area (TPSA) is 12.0 Å². The summed E-state index contributed by atoms with van der Waals surface area (Å²) in [6.45, 7) is 8.50. The van der Waals surface area contributed by atoms with Crippen molar-refractivity contribution in [2.45, 2.75) is 51.9 Å². The molecule has 0 amide bonds. The number of benzene rings is 1. The summed E-state index contributed by atoms with van der Waals surface area (Å²) in [6, 6.07) is 5.44. The third kappa shape index (κ3) is 3.98. The first-order valence-corrected chi connectivity index (χ1v) is 8.47. The van der Waals surface area contributed by atoms with Crippen LogP contribution in [0.5, 0.6) is 0 Å². The molecule has 0 aliphatic heterocycles. The molecule has 1 aliphatic rings. The maximum absolute atomic E-state index is 14.6. The van der Waals surface area contributed by atoms with Gasteiger partial charge in [0.15, 0.2) is 0 Å². The maximum Gasteiger partial charge on any atom is 0.145 e. The highest BCUT2D eigenvalue weighted by molar-refractivity contribution is 6.30. The van der Waals surface area contributed by atoms with Crippen molar-refractivity contribution in [1.82, 2.24) is 5.32 Å². The van der Waals surface area contributed by atoms with Crippen LogP contribution in [0.25, 0.3) is 0 Å². The van der Waals surface area contributed by atoms with Crippen LogP contribution in [-0.2, 0) is 5.41 Å². The van der Waals surface area contributed by atoms with Gasteiger partial charge in [-0.1, -0.05) is 44.5 Å². The quantitative estimate of drug-likeness (QED) is 0.790. The molecule has 1 saturated carbocycles. The molecule has 1 fully saturated rings. The van der Waals surface area contributed by atoms with Gasteiger partial charge in [-0.25, -0.2) is 4.39 Å². The SMILES string of the molecule is CC(C)CNCC1(c2cccc(Cl)c2F)CCC(C)CC1. The minimum absolute atomic E-state index is 0.101. The van der Waals surface area contributed by atoms with Gasteiger partial charge in [-0.3, -0.25) is 0 Å². The molecule has 0 aromatic heterocycles. The van der Waals surface area contributed by atoms with Gasteiger partial charge in [-0.2, -0.15) is 0 Å². The van der Waals surface area contributed by atoms with Crippen molar-refractivity contribution in [3.05, 3.63) is 34.6 Å². The van der Waals surface area contributed by atoms with Crippen LogP contribution in [0.1, 0.15) is 52.0 Å².